The Morgan fingerprint density at radius 2 is 2.00 bits per heavy atom. The maximum Gasteiger partial charge on any atom is 0.233 e. The highest BCUT2D eigenvalue weighted by atomic mass is 32.2. The summed E-state index contributed by atoms with van der Waals surface area (Å²) >= 11 is 1.39. The third kappa shape index (κ3) is 4.81. The summed E-state index contributed by atoms with van der Waals surface area (Å²) < 4.78 is 10.7. The van der Waals surface area contributed by atoms with E-state index in [9.17, 15) is 4.79 Å². The normalized spacial score (nSPS) is 10.9. The fraction of sp³-hybridized carbons (Fsp3) is 0.182. The molecule has 148 valence electrons. The van der Waals surface area contributed by atoms with Crippen LogP contribution in [0.3, 0.4) is 0 Å². The van der Waals surface area contributed by atoms with E-state index in [2.05, 4.69) is 9.97 Å². The first-order valence-corrected chi connectivity index (χ1v) is 10.2. The van der Waals surface area contributed by atoms with Gasteiger partial charge in [-0.05, 0) is 29.8 Å². The quantitative estimate of drug-likeness (QED) is 0.436. The fourth-order valence-corrected chi connectivity index (χ4v) is 3.80. The standard InChI is InChI=1S/C22H21N3O3S/c1-27-17-9-10-19-20(12-17)24-22(23-19)29-15-21(26)25(14-18-8-5-11-28-18)13-16-6-3-2-4-7-16/h2-12H,13-15H2,1H3,(H,23,24). The number of thioether (sulfide) groups is 1. The van der Waals surface area contributed by atoms with Gasteiger partial charge in [0.15, 0.2) is 5.16 Å². The topological polar surface area (TPSA) is 71.4 Å². The minimum atomic E-state index is 0.0216. The zero-order chi connectivity index (χ0) is 20.1. The van der Waals surface area contributed by atoms with Crippen molar-refractivity contribution in [3.05, 3.63) is 78.3 Å². The lowest BCUT2D eigenvalue weighted by molar-refractivity contribution is -0.129. The van der Waals surface area contributed by atoms with E-state index >= 15 is 0 Å². The maximum absolute atomic E-state index is 13.0. The van der Waals surface area contributed by atoms with E-state index < -0.39 is 0 Å². The molecule has 7 heteroatoms. The van der Waals surface area contributed by atoms with Crippen LogP contribution in [-0.2, 0) is 17.9 Å². The van der Waals surface area contributed by atoms with Crippen LogP contribution in [0.5, 0.6) is 5.75 Å². The molecule has 0 bridgehead atoms. The minimum absolute atomic E-state index is 0.0216. The van der Waals surface area contributed by atoms with Crippen molar-refractivity contribution < 1.29 is 13.9 Å². The van der Waals surface area contributed by atoms with Crippen LogP contribution >= 0.6 is 11.8 Å². The second-order valence-electron chi connectivity index (χ2n) is 6.53. The van der Waals surface area contributed by atoms with Gasteiger partial charge in [-0.3, -0.25) is 4.79 Å². The molecule has 0 spiro atoms. The predicted molar refractivity (Wildman–Crippen MR) is 113 cm³/mol. The number of benzene rings is 2. The average molecular weight is 407 g/mol. The van der Waals surface area contributed by atoms with E-state index in [0.29, 0.717) is 18.2 Å². The van der Waals surface area contributed by atoms with Crippen LogP contribution in [0, 0.1) is 0 Å². The number of H-pyrrole nitrogens is 1. The number of aromatic amines is 1. The number of carbonyl (C=O) groups is 1. The number of nitrogens with one attached hydrogen (secondary N) is 1. The second-order valence-corrected chi connectivity index (χ2v) is 7.49. The molecular formula is C22H21N3O3S. The van der Waals surface area contributed by atoms with E-state index in [1.807, 2.05) is 60.7 Å². The molecule has 4 rings (SSSR count). The molecule has 29 heavy (non-hydrogen) atoms. The Kier molecular flexibility index (Phi) is 5.86. The van der Waals surface area contributed by atoms with Crippen molar-refractivity contribution in [1.29, 1.82) is 0 Å². The van der Waals surface area contributed by atoms with Gasteiger partial charge in [0.1, 0.15) is 11.5 Å². The summed E-state index contributed by atoms with van der Waals surface area (Å²) in [5, 5.41) is 0.708. The van der Waals surface area contributed by atoms with Crippen LogP contribution in [0.1, 0.15) is 11.3 Å². The van der Waals surface area contributed by atoms with E-state index in [-0.39, 0.29) is 11.7 Å². The van der Waals surface area contributed by atoms with Crippen molar-refractivity contribution in [2.75, 3.05) is 12.9 Å². The average Bonchev–Trinajstić information content (AvgIpc) is 3.41. The Hall–Kier alpha value is -3.19. The van der Waals surface area contributed by atoms with Gasteiger partial charge in [0.05, 0.1) is 36.7 Å². The number of rotatable bonds is 8. The first kappa shape index (κ1) is 19.1. The summed E-state index contributed by atoms with van der Waals surface area (Å²) in [5.41, 5.74) is 2.81. The minimum Gasteiger partial charge on any atom is -0.497 e. The molecule has 2 aromatic carbocycles. The number of amides is 1. The largest absolute Gasteiger partial charge is 0.497 e. The molecule has 6 nitrogen and oxygen atoms in total. The Morgan fingerprint density at radius 3 is 2.76 bits per heavy atom. The lowest BCUT2D eigenvalue weighted by Gasteiger charge is -2.21. The summed E-state index contributed by atoms with van der Waals surface area (Å²) in [6.45, 7) is 0.955. The summed E-state index contributed by atoms with van der Waals surface area (Å²) in [7, 11) is 1.63. The molecule has 0 atom stereocenters. The molecule has 0 aliphatic carbocycles. The number of methoxy groups -OCH3 is 1. The van der Waals surface area contributed by atoms with E-state index in [4.69, 9.17) is 9.15 Å². The number of fused-ring (bicyclic) bond motifs is 1. The first-order chi connectivity index (χ1) is 14.2. The highest BCUT2D eigenvalue weighted by Crippen LogP contribution is 2.24. The van der Waals surface area contributed by atoms with E-state index in [1.165, 1.54) is 11.8 Å². The summed E-state index contributed by atoms with van der Waals surface area (Å²) in [6.07, 6.45) is 1.62. The van der Waals surface area contributed by atoms with Crippen LogP contribution in [0.2, 0.25) is 0 Å². The molecule has 0 radical (unpaired) electrons. The summed E-state index contributed by atoms with van der Waals surface area (Å²) in [5.74, 6) is 1.83. The third-order valence-corrected chi connectivity index (χ3v) is 5.35. The lowest BCUT2D eigenvalue weighted by atomic mass is 10.2. The first-order valence-electron chi connectivity index (χ1n) is 9.22. The number of hydrogen-bond donors (Lipinski definition) is 1. The number of furan rings is 1. The van der Waals surface area contributed by atoms with Crippen molar-refractivity contribution in [3.63, 3.8) is 0 Å². The van der Waals surface area contributed by atoms with Crippen LogP contribution < -0.4 is 4.74 Å². The Labute approximate surface area is 172 Å². The van der Waals surface area contributed by atoms with Gasteiger partial charge in [0, 0.05) is 12.6 Å². The smallest absolute Gasteiger partial charge is 0.233 e. The molecule has 0 fully saturated rings. The van der Waals surface area contributed by atoms with Gasteiger partial charge in [-0.15, -0.1) is 0 Å². The van der Waals surface area contributed by atoms with Crippen molar-refractivity contribution in [2.45, 2.75) is 18.2 Å². The highest BCUT2D eigenvalue weighted by Gasteiger charge is 2.17. The molecule has 0 saturated carbocycles. The molecular weight excluding hydrogens is 386 g/mol. The van der Waals surface area contributed by atoms with Crippen molar-refractivity contribution in [2.24, 2.45) is 0 Å². The molecule has 1 amide bonds. The monoisotopic (exact) mass is 407 g/mol. The highest BCUT2D eigenvalue weighted by molar-refractivity contribution is 7.99. The molecule has 2 heterocycles. The zero-order valence-electron chi connectivity index (χ0n) is 16.0. The number of nitrogens with zero attached hydrogens (tertiary/aromatic N) is 2. The molecule has 1 N–H and O–H groups in total. The predicted octanol–water partition coefficient (Wildman–Crippen LogP) is 4.49. The lowest BCUT2D eigenvalue weighted by Crippen LogP contribution is -2.31. The van der Waals surface area contributed by atoms with E-state index in [1.54, 1.807) is 18.3 Å². The molecule has 0 aliphatic rings. The SMILES string of the molecule is COc1ccc2nc(SCC(=O)N(Cc3ccccc3)Cc3ccco3)[nH]c2c1. The number of hydrogen-bond acceptors (Lipinski definition) is 5. The van der Waals surface area contributed by atoms with Crippen LogP contribution in [0.25, 0.3) is 11.0 Å². The number of aromatic nitrogens is 2. The van der Waals surface area contributed by atoms with Gasteiger partial charge in [-0.1, -0.05) is 42.1 Å². The van der Waals surface area contributed by atoms with Crippen LogP contribution in [0.4, 0.5) is 0 Å². The van der Waals surface area contributed by atoms with Crippen LogP contribution in [-0.4, -0.2) is 33.6 Å². The van der Waals surface area contributed by atoms with Crippen LogP contribution in [0.15, 0.2) is 76.5 Å². The molecule has 0 aliphatic heterocycles. The number of carbonyl (C=O) groups excluding carboxylic acids is 1. The Morgan fingerprint density at radius 1 is 1.14 bits per heavy atom. The Bertz CT molecular complexity index is 1080. The Balaban J connectivity index is 1.45. The third-order valence-electron chi connectivity index (χ3n) is 4.50. The van der Waals surface area contributed by atoms with Gasteiger partial charge < -0.3 is 19.0 Å². The van der Waals surface area contributed by atoms with Gasteiger partial charge in [-0.25, -0.2) is 4.98 Å². The van der Waals surface area contributed by atoms with Gasteiger partial charge in [-0.2, -0.15) is 0 Å². The number of imidazole rings is 1. The van der Waals surface area contributed by atoms with Crippen molar-refractivity contribution in [1.82, 2.24) is 14.9 Å². The molecule has 4 aromatic rings. The van der Waals surface area contributed by atoms with Gasteiger partial charge in [0.2, 0.25) is 5.91 Å². The fourth-order valence-electron chi connectivity index (χ4n) is 3.01. The van der Waals surface area contributed by atoms with Gasteiger partial charge in [0.25, 0.3) is 0 Å². The number of ether oxygens (including phenoxy) is 1. The summed E-state index contributed by atoms with van der Waals surface area (Å²) in [6, 6.07) is 19.3. The van der Waals surface area contributed by atoms with E-state index in [0.717, 1.165) is 28.1 Å². The zero-order valence-corrected chi connectivity index (χ0v) is 16.8. The van der Waals surface area contributed by atoms with Gasteiger partial charge >= 0.3 is 0 Å². The maximum atomic E-state index is 13.0. The summed E-state index contributed by atoms with van der Waals surface area (Å²) in [4.78, 5) is 22.5. The molecule has 0 saturated heterocycles. The molecule has 0 unspecified atom stereocenters. The second kappa shape index (κ2) is 8.87. The van der Waals surface area contributed by atoms with Crippen molar-refractivity contribution >= 4 is 28.7 Å². The molecule has 2 aromatic heterocycles. The van der Waals surface area contributed by atoms with Crippen molar-refractivity contribution in [3.8, 4) is 5.75 Å².